The number of rotatable bonds is 6. The number of ether oxygens (including phenoxy) is 2. The SMILES string of the molecule is COc1cccc(NC(=O)[C@H](OC(=O)c2ccccc2Br)c2ccccc2)c1. The molecule has 0 fully saturated rings. The van der Waals surface area contributed by atoms with Crippen LogP contribution in [0.25, 0.3) is 0 Å². The van der Waals surface area contributed by atoms with Crippen LogP contribution in [0.2, 0.25) is 0 Å². The van der Waals surface area contributed by atoms with Crippen molar-refractivity contribution in [3.05, 3.63) is 94.5 Å². The van der Waals surface area contributed by atoms with Gasteiger partial charge in [0.15, 0.2) is 0 Å². The standard InChI is InChI=1S/C22H18BrNO4/c1-27-17-11-7-10-16(14-17)24-21(25)20(15-8-3-2-4-9-15)28-22(26)18-12-5-6-13-19(18)23/h2-14,20H,1H3,(H,24,25)/t20-/m1/s1. The Labute approximate surface area is 171 Å². The third kappa shape index (κ3) is 4.78. The molecule has 142 valence electrons. The van der Waals surface area contributed by atoms with Gasteiger partial charge in [-0.05, 0) is 40.2 Å². The van der Waals surface area contributed by atoms with Crippen LogP contribution in [-0.4, -0.2) is 19.0 Å². The summed E-state index contributed by atoms with van der Waals surface area (Å²) in [6.07, 6.45) is -1.10. The summed E-state index contributed by atoms with van der Waals surface area (Å²) in [6.45, 7) is 0. The Morgan fingerprint density at radius 3 is 2.36 bits per heavy atom. The van der Waals surface area contributed by atoms with E-state index in [1.54, 1.807) is 79.9 Å². The third-order valence-corrected chi connectivity index (χ3v) is 4.69. The van der Waals surface area contributed by atoms with E-state index >= 15 is 0 Å². The predicted molar refractivity (Wildman–Crippen MR) is 110 cm³/mol. The first-order chi connectivity index (χ1) is 13.6. The molecule has 0 radical (unpaired) electrons. The minimum Gasteiger partial charge on any atom is -0.497 e. The Morgan fingerprint density at radius 2 is 1.64 bits per heavy atom. The Kier molecular flexibility index (Phi) is 6.45. The summed E-state index contributed by atoms with van der Waals surface area (Å²) in [5.41, 5.74) is 1.46. The van der Waals surface area contributed by atoms with Crippen molar-refractivity contribution in [2.24, 2.45) is 0 Å². The monoisotopic (exact) mass is 439 g/mol. The number of carbonyl (C=O) groups is 2. The van der Waals surface area contributed by atoms with E-state index in [1.807, 2.05) is 6.07 Å². The van der Waals surface area contributed by atoms with E-state index in [9.17, 15) is 9.59 Å². The van der Waals surface area contributed by atoms with Gasteiger partial charge in [-0.1, -0.05) is 48.5 Å². The third-order valence-electron chi connectivity index (χ3n) is 4.00. The van der Waals surface area contributed by atoms with Crippen molar-refractivity contribution < 1.29 is 19.1 Å². The van der Waals surface area contributed by atoms with Gasteiger partial charge in [-0.25, -0.2) is 4.79 Å². The number of amides is 1. The minimum atomic E-state index is -1.10. The maximum Gasteiger partial charge on any atom is 0.340 e. The van der Waals surface area contributed by atoms with Gasteiger partial charge < -0.3 is 14.8 Å². The zero-order valence-electron chi connectivity index (χ0n) is 15.1. The molecule has 0 spiro atoms. The molecule has 3 rings (SSSR count). The van der Waals surface area contributed by atoms with Crippen LogP contribution >= 0.6 is 15.9 Å². The Bertz CT molecular complexity index is 975. The number of nitrogens with one attached hydrogen (secondary N) is 1. The fourth-order valence-electron chi connectivity index (χ4n) is 2.61. The number of anilines is 1. The Balaban J connectivity index is 1.86. The topological polar surface area (TPSA) is 64.6 Å². The molecule has 0 saturated carbocycles. The summed E-state index contributed by atoms with van der Waals surface area (Å²) in [4.78, 5) is 25.6. The van der Waals surface area contributed by atoms with E-state index in [4.69, 9.17) is 9.47 Å². The molecule has 1 amide bonds. The molecule has 0 bridgehead atoms. The summed E-state index contributed by atoms with van der Waals surface area (Å²) in [6, 6.07) is 22.7. The number of carbonyl (C=O) groups excluding carboxylic acids is 2. The second-order valence-corrected chi connectivity index (χ2v) is 6.75. The summed E-state index contributed by atoms with van der Waals surface area (Å²) in [5.74, 6) is -0.443. The van der Waals surface area contributed by atoms with Gasteiger partial charge >= 0.3 is 5.97 Å². The lowest BCUT2D eigenvalue weighted by Gasteiger charge is -2.18. The molecule has 3 aromatic carbocycles. The minimum absolute atomic E-state index is 0.345. The van der Waals surface area contributed by atoms with E-state index in [1.165, 1.54) is 0 Å². The van der Waals surface area contributed by atoms with Gasteiger partial charge in [-0.15, -0.1) is 0 Å². The molecular formula is C22H18BrNO4. The highest BCUT2D eigenvalue weighted by Gasteiger charge is 2.26. The van der Waals surface area contributed by atoms with Gasteiger partial charge in [-0.3, -0.25) is 4.79 Å². The van der Waals surface area contributed by atoms with Crippen molar-refractivity contribution in [2.75, 3.05) is 12.4 Å². The zero-order chi connectivity index (χ0) is 19.9. The second kappa shape index (κ2) is 9.19. The highest BCUT2D eigenvalue weighted by molar-refractivity contribution is 9.10. The number of hydrogen-bond donors (Lipinski definition) is 1. The van der Waals surface area contributed by atoms with Crippen molar-refractivity contribution in [3.8, 4) is 5.75 Å². The van der Waals surface area contributed by atoms with Gasteiger partial charge in [0, 0.05) is 21.8 Å². The van der Waals surface area contributed by atoms with Gasteiger partial charge in [0.1, 0.15) is 5.75 Å². The van der Waals surface area contributed by atoms with Crippen LogP contribution in [0.3, 0.4) is 0 Å². The lowest BCUT2D eigenvalue weighted by molar-refractivity contribution is -0.125. The molecule has 0 aliphatic heterocycles. The number of halogens is 1. The van der Waals surface area contributed by atoms with Gasteiger partial charge in [0.2, 0.25) is 6.10 Å². The molecule has 28 heavy (non-hydrogen) atoms. The van der Waals surface area contributed by atoms with Crippen molar-refractivity contribution in [2.45, 2.75) is 6.10 Å². The van der Waals surface area contributed by atoms with Crippen LogP contribution in [0.4, 0.5) is 5.69 Å². The fraction of sp³-hybridized carbons (Fsp3) is 0.0909. The highest BCUT2D eigenvalue weighted by Crippen LogP contribution is 2.25. The molecule has 0 heterocycles. The fourth-order valence-corrected chi connectivity index (χ4v) is 3.05. The lowest BCUT2D eigenvalue weighted by Crippen LogP contribution is -2.26. The molecule has 5 nitrogen and oxygen atoms in total. The first-order valence-corrected chi connectivity index (χ1v) is 9.33. The van der Waals surface area contributed by atoms with Gasteiger partial charge in [0.05, 0.1) is 12.7 Å². The average Bonchev–Trinajstić information content (AvgIpc) is 2.73. The van der Waals surface area contributed by atoms with Crippen molar-refractivity contribution in [1.82, 2.24) is 0 Å². The largest absolute Gasteiger partial charge is 0.497 e. The molecule has 0 aliphatic carbocycles. The Morgan fingerprint density at radius 1 is 0.929 bits per heavy atom. The van der Waals surface area contributed by atoms with Crippen molar-refractivity contribution >= 4 is 33.5 Å². The maximum atomic E-state index is 12.9. The first-order valence-electron chi connectivity index (χ1n) is 8.54. The van der Waals surface area contributed by atoms with Crippen molar-refractivity contribution in [1.29, 1.82) is 0 Å². The number of benzene rings is 3. The highest BCUT2D eigenvalue weighted by atomic mass is 79.9. The van der Waals surface area contributed by atoms with Gasteiger partial charge in [0.25, 0.3) is 5.91 Å². The summed E-state index contributed by atoms with van der Waals surface area (Å²) >= 11 is 3.33. The molecule has 0 unspecified atom stereocenters. The number of methoxy groups -OCH3 is 1. The van der Waals surface area contributed by atoms with E-state index in [0.29, 0.717) is 27.0 Å². The molecule has 0 aromatic heterocycles. The normalized spacial score (nSPS) is 11.4. The molecule has 1 N–H and O–H groups in total. The molecule has 0 saturated heterocycles. The van der Waals surface area contributed by atoms with Gasteiger partial charge in [-0.2, -0.15) is 0 Å². The zero-order valence-corrected chi connectivity index (χ0v) is 16.7. The molecule has 1 atom stereocenters. The molecule has 3 aromatic rings. The smallest absolute Gasteiger partial charge is 0.340 e. The first kappa shape index (κ1) is 19.6. The van der Waals surface area contributed by atoms with E-state index in [0.717, 1.165) is 0 Å². The predicted octanol–water partition coefficient (Wildman–Crippen LogP) is 4.99. The summed E-state index contributed by atoms with van der Waals surface area (Å²) in [7, 11) is 1.55. The summed E-state index contributed by atoms with van der Waals surface area (Å²) in [5, 5.41) is 2.78. The second-order valence-electron chi connectivity index (χ2n) is 5.90. The summed E-state index contributed by atoms with van der Waals surface area (Å²) < 4.78 is 11.4. The van der Waals surface area contributed by atoms with E-state index in [2.05, 4.69) is 21.2 Å². The van der Waals surface area contributed by atoms with Crippen molar-refractivity contribution in [3.63, 3.8) is 0 Å². The quantitative estimate of drug-likeness (QED) is 0.549. The molecule has 6 heteroatoms. The average molecular weight is 440 g/mol. The molecule has 0 aliphatic rings. The number of hydrogen-bond acceptors (Lipinski definition) is 4. The number of esters is 1. The van der Waals surface area contributed by atoms with Crippen LogP contribution in [0, 0.1) is 0 Å². The van der Waals surface area contributed by atoms with Crippen LogP contribution in [0.1, 0.15) is 22.0 Å². The van der Waals surface area contributed by atoms with E-state index < -0.39 is 18.0 Å². The van der Waals surface area contributed by atoms with Crippen LogP contribution < -0.4 is 10.1 Å². The van der Waals surface area contributed by atoms with Crippen LogP contribution in [0.5, 0.6) is 5.75 Å². The lowest BCUT2D eigenvalue weighted by atomic mass is 10.1. The maximum absolute atomic E-state index is 12.9. The molecular weight excluding hydrogens is 422 g/mol. The van der Waals surface area contributed by atoms with Crippen LogP contribution in [-0.2, 0) is 9.53 Å². The van der Waals surface area contributed by atoms with E-state index in [-0.39, 0.29) is 0 Å². The van der Waals surface area contributed by atoms with Crippen LogP contribution in [0.15, 0.2) is 83.3 Å². The Hall–Kier alpha value is -3.12.